The number of nitrogens with zero attached hydrogens (tertiary/aromatic N) is 1. The van der Waals surface area contributed by atoms with Crippen molar-refractivity contribution in [1.29, 1.82) is 0 Å². The average molecular weight is 139 g/mol. The Morgan fingerprint density at radius 3 is 3.00 bits per heavy atom. The highest BCUT2D eigenvalue weighted by Crippen LogP contribution is 1.91. The maximum absolute atomic E-state index is 10.8. The van der Waals surface area contributed by atoms with Gasteiger partial charge in [0.25, 0.3) is 5.56 Å². The smallest absolute Gasteiger partial charge is 0.282 e. The molecular formula is C7H9NO2. The Morgan fingerprint density at radius 1 is 1.90 bits per heavy atom. The summed E-state index contributed by atoms with van der Waals surface area (Å²) < 4.78 is 6.07. The summed E-state index contributed by atoms with van der Waals surface area (Å²) in [7, 11) is 0. The average Bonchev–Trinajstić information content (AvgIpc) is 2.15. The third kappa shape index (κ3) is 1.37. The van der Waals surface area contributed by atoms with E-state index in [1.165, 1.54) is 17.1 Å². The van der Waals surface area contributed by atoms with Crippen LogP contribution in [-0.2, 0) is 6.54 Å². The van der Waals surface area contributed by atoms with Crippen molar-refractivity contribution in [2.75, 3.05) is 0 Å². The third-order valence-corrected chi connectivity index (χ3v) is 1.06. The van der Waals surface area contributed by atoms with E-state index < -0.39 is 0 Å². The molecule has 0 aliphatic carbocycles. The molecule has 0 amide bonds. The highest BCUT2D eigenvalue weighted by Gasteiger charge is 1.95. The quantitative estimate of drug-likeness (QED) is 0.573. The Kier molecular flexibility index (Phi) is 1.76. The standard InChI is InChI=1S/C7H9NO2/c1-6(2)5-8-7(9)3-4-10-8/h3-4H,1,5H2,2H3. The minimum atomic E-state index is -0.122. The summed E-state index contributed by atoms with van der Waals surface area (Å²) in [6.45, 7) is 5.96. The van der Waals surface area contributed by atoms with Crippen LogP contribution in [0.4, 0.5) is 0 Å². The maximum atomic E-state index is 10.8. The van der Waals surface area contributed by atoms with Gasteiger partial charge in [0.05, 0.1) is 6.54 Å². The summed E-state index contributed by atoms with van der Waals surface area (Å²) in [5, 5.41) is 0. The van der Waals surface area contributed by atoms with Gasteiger partial charge < -0.3 is 4.52 Å². The topological polar surface area (TPSA) is 35.1 Å². The second-order valence-electron chi connectivity index (χ2n) is 2.24. The maximum Gasteiger partial charge on any atom is 0.282 e. The molecule has 0 N–H and O–H groups in total. The third-order valence-electron chi connectivity index (χ3n) is 1.06. The van der Waals surface area contributed by atoms with Crippen LogP contribution >= 0.6 is 0 Å². The molecule has 0 bridgehead atoms. The molecule has 0 saturated heterocycles. The molecule has 0 radical (unpaired) electrons. The Morgan fingerprint density at radius 2 is 2.60 bits per heavy atom. The van der Waals surface area contributed by atoms with Crippen LogP contribution in [-0.4, -0.2) is 4.74 Å². The summed E-state index contributed by atoms with van der Waals surface area (Å²) >= 11 is 0. The predicted octanol–water partition coefficient (Wildman–Crippen LogP) is 1.02. The van der Waals surface area contributed by atoms with Crippen LogP contribution in [0.2, 0.25) is 0 Å². The van der Waals surface area contributed by atoms with Crippen molar-refractivity contribution in [3.05, 3.63) is 34.8 Å². The summed E-state index contributed by atoms with van der Waals surface area (Å²) in [5.41, 5.74) is 0.778. The zero-order chi connectivity index (χ0) is 7.56. The SMILES string of the molecule is C=C(C)Cn1occc1=O. The first-order chi connectivity index (χ1) is 4.70. The minimum absolute atomic E-state index is 0.122. The fourth-order valence-corrected chi connectivity index (χ4v) is 0.658. The number of allylic oxidation sites excluding steroid dienone is 1. The Bertz CT molecular complexity index is 282. The van der Waals surface area contributed by atoms with E-state index >= 15 is 0 Å². The van der Waals surface area contributed by atoms with Crippen molar-refractivity contribution in [2.45, 2.75) is 13.5 Å². The van der Waals surface area contributed by atoms with E-state index in [0.717, 1.165) is 5.57 Å². The van der Waals surface area contributed by atoms with Gasteiger partial charge in [0, 0.05) is 6.07 Å². The number of aromatic nitrogens is 1. The van der Waals surface area contributed by atoms with Crippen molar-refractivity contribution < 1.29 is 4.52 Å². The zero-order valence-corrected chi connectivity index (χ0v) is 5.83. The van der Waals surface area contributed by atoms with E-state index in [1.807, 2.05) is 6.92 Å². The Hall–Kier alpha value is -1.25. The number of rotatable bonds is 2. The molecular weight excluding hydrogens is 130 g/mol. The van der Waals surface area contributed by atoms with E-state index in [1.54, 1.807) is 0 Å². The van der Waals surface area contributed by atoms with Crippen molar-refractivity contribution in [3.63, 3.8) is 0 Å². The number of hydrogen-bond donors (Lipinski definition) is 0. The lowest BCUT2D eigenvalue weighted by atomic mass is 10.4. The molecule has 0 saturated carbocycles. The van der Waals surface area contributed by atoms with E-state index in [4.69, 9.17) is 4.52 Å². The molecule has 54 valence electrons. The van der Waals surface area contributed by atoms with Crippen LogP contribution in [0, 0.1) is 0 Å². The van der Waals surface area contributed by atoms with Crippen LogP contribution in [0.15, 0.2) is 33.8 Å². The van der Waals surface area contributed by atoms with Crippen molar-refractivity contribution in [1.82, 2.24) is 4.74 Å². The van der Waals surface area contributed by atoms with Gasteiger partial charge in [0.15, 0.2) is 0 Å². The van der Waals surface area contributed by atoms with Gasteiger partial charge in [0.1, 0.15) is 6.26 Å². The molecule has 0 unspecified atom stereocenters. The van der Waals surface area contributed by atoms with E-state index in [-0.39, 0.29) is 5.56 Å². The summed E-state index contributed by atoms with van der Waals surface area (Å²) in [6.07, 6.45) is 1.37. The lowest BCUT2D eigenvalue weighted by molar-refractivity contribution is 0.275. The van der Waals surface area contributed by atoms with Crippen molar-refractivity contribution in [3.8, 4) is 0 Å². The molecule has 0 aromatic carbocycles. The summed E-state index contributed by atoms with van der Waals surface area (Å²) in [6, 6.07) is 1.38. The molecule has 3 nitrogen and oxygen atoms in total. The van der Waals surface area contributed by atoms with Gasteiger partial charge in [0.2, 0.25) is 0 Å². The predicted molar refractivity (Wildman–Crippen MR) is 37.8 cm³/mol. The molecule has 1 aromatic heterocycles. The zero-order valence-electron chi connectivity index (χ0n) is 5.83. The van der Waals surface area contributed by atoms with E-state index in [2.05, 4.69) is 6.58 Å². The van der Waals surface area contributed by atoms with Crippen LogP contribution in [0.3, 0.4) is 0 Å². The van der Waals surface area contributed by atoms with Gasteiger partial charge in [-0.25, -0.2) is 0 Å². The molecule has 0 fully saturated rings. The molecule has 1 rings (SSSR count). The summed E-state index contributed by atoms with van der Waals surface area (Å²) in [5.74, 6) is 0. The Balaban J connectivity index is 2.85. The van der Waals surface area contributed by atoms with Gasteiger partial charge in [-0.3, -0.25) is 4.79 Å². The highest BCUT2D eigenvalue weighted by atomic mass is 16.5. The van der Waals surface area contributed by atoms with Crippen molar-refractivity contribution in [2.24, 2.45) is 0 Å². The van der Waals surface area contributed by atoms with Crippen LogP contribution in [0.1, 0.15) is 6.92 Å². The van der Waals surface area contributed by atoms with Gasteiger partial charge in [-0.1, -0.05) is 12.2 Å². The first kappa shape index (κ1) is 6.86. The van der Waals surface area contributed by atoms with E-state index in [9.17, 15) is 4.79 Å². The summed E-state index contributed by atoms with van der Waals surface area (Å²) in [4.78, 5) is 10.8. The molecule has 3 heteroatoms. The number of hydrogen-bond acceptors (Lipinski definition) is 2. The molecule has 0 aliphatic heterocycles. The van der Waals surface area contributed by atoms with Crippen LogP contribution < -0.4 is 5.56 Å². The fourth-order valence-electron chi connectivity index (χ4n) is 0.658. The van der Waals surface area contributed by atoms with E-state index in [0.29, 0.717) is 6.54 Å². The lowest BCUT2D eigenvalue weighted by Gasteiger charge is -1.95. The van der Waals surface area contributed by atoms with Crippen LogP contribution in [0.5, 0.6) is 0 Å². The monoisotopic (exact) mass is 139 g/mol. The largest absolute Gasteiger partial charge is 0.384 e. The molecule has 0 spiro atoms. The van der Waals surface area contributed by atoms with Gasteiger partial charge >= 0.3 is 0 Å². The molecule has 0 aliphatic rings. The first-order valence-corrected chi connectivity index (χ1v) is 2.99. The lowest BCUT2D eigenvalue weighted by Crippen LogP contribution is -2.13. The van der Waals surface area contributed by atoms with Gasteiger partial charge in [-0.2, -0.15) is 4.74 Å². The normalized spacial score (nSPS) is 9.70. The van der Waals surface area contributed by atoms with Gasteiger partial charge in [-0.05, 0) is 6.92 Å². The van der Waals surface area contributed by atoms with Crippen molar-refractivity contribution >= 4 is 0 Å². The second-order valence-corrected chi connectivity index (χ2v) is 2.24. The fraction of sp³-hybridized carbons (Fsp3) is 0.286. The van der Waals surface area contributed by atoms with Crippen LogP contribution in [0.25, 0.3) is 0 Å². The second kappa shape index (κ2) is 2.56. The molecule has 10 heavy (non-hydrogen) atoms. The molecule has 1 aromatic rings. The molecule has 1 heterocycles. The highest BCUT2D eigenvalue weighted by molar-refractivity contribution is 4.89. The Labute approximate surface area is 58.5 Å². The first-order valence-electron chi connectivity index (χ1n) is 2.99. The minimum Gasteiger partial charge on any atom is -0.384 e. The van der Waals surface area contributed by atoms with Gasteiger partial charge in [-0.15, -0.1) is 0 Å². The molecule has 0 atom stereocenters.